The number of nitrogens with one attached hydrogen (secondary N) is 1. The van der Waals surface area contributed by atoms with Crippen molar-refractivity contribution in [2.24, 2.45) is 0 Å². The van der Waals surface area contributed by atoms with E-state index < -0.39 is 0 Å². The Morgan fingerprint density at radius 2 is 1.81 bits per heavy atom. The van der Waals surface area contributed by atoms with Crippen LogP contribution in [0.3, 0.4) is 0 Å². The molecule has 0 unspecified atom stereocenters. The number of ether oxygens (including phenoxy) is 2. The molecule has 3 rings (SSSR count). The maximum Gasteiger partial charge on any atom is 0.238 e. The quantitative estimate of drug-likeness (QED) is 0.892. The Bertz CT molecular complexity index is 787. The molecule has 2 aromatic rings. The van der Waals surface area contributed by atoms with Gasteiger partial charge >= 0.3 is 0 Å². The van der Waals surface area contributed by atoms with E-state index in [2.05, 4.69) is 17.1 Å². The second-order valence-corrected chi connectivity index (χ2v) is 6.72. The fourth-order valence-corrected chi connectivity index (χ4v) is 3.43. The zero-order chi connectivity index (χ0) is 18.7. The van der Waals surface area contributed by atoms with Gasteiger partial charge in [0.25, 0.3) is 0 Å². The third kappa shape index (κ3) is 3.83. The SMILES string of the molecule is COc1cc2c(cc1OC)[C@@H](C)N(CC(=O)Nc1ccc(C)cc1)CC2. The summed E-state index contributed by atoms with van der Waals surface area (Å²) < 4.78 is 10.8. The van der Waals surface area contributed by atoms with Crippen LogP contribution >= 0.6 is 0 Å². The molecule has 1 aliphatic heterocycles. The number of amides is 1. The number of hydrogen-bond donors (Lipinski definition) is 1. The van der Waals surface area contributed by atoms with Gasteiger partial charge in [-0.25, -0.2) is 0 Å². The maximum absolute atomic E-state index is 12.4. The fraction of sp³-hybridized carbons (Fsp3) is 0.381. The smallest absolute Gasteiger partial charge is 0.238 e. The van der Waals surface area contributed by atoms with Crippen molar-refractivity contribution in [1.82, 2.24) is 4.90 Å². The second kappa shape index (κ2) is 7.79. The molecule has 0 radical (unpaired) electrons. The van der Waals surface area contributed by atoms with Crippen LogP contribution in [-0.2, 0) is 11.2 Å². The number of nitrogens with zero attached hydrogens (tertiary/aromatic N) is 1. The lowest BCUT2D eigenvalue weighted by atomic mass is 9.93. The van der Waals surface area contributed by atoms with Gasteiger partial charge in [0, 0.05) is 18.3 Å². The number of rotatable bonds is 5. The standard InChI is InChI=1S/C21H26N2O3/c1-14-5-7-17(8-6-14)22-21(24)13-23-10-9-16-11-19(25-3)20(26-4)12-18(16)15(23)2/h5-8,11-12,15H,9-10,13H2,1-4H3,(H,22,24)/t15-/m1/s1. The van der Waals surface area contributed by atoms with E-state index in [1.807, 2.05) is 43.3 Å². The number of aryl methyl sites for hydroxylation is 1. The van der Waals surface area contributed by atoms with Gasteiger partial charge in [-0.05, 0) is 55.7 Å². The van der Waals surface area contributed by atoms with Gasteiger partial charge in [0.1, 0.15) is 0 Å². The Kier molecular flexibility index (Phi) is 5.47. The molecule has 0 aromatic heterocycles. The van der Waals surface area contributed by atoms with Crippen molar-refractivity contribution in [2.45, 2.75) is 26.3 Å². The van der Waals surface area contributed by atoms with E-state index >= 15 is 0 Å². The van der Waals surface area contributed by atoms with Crippen molar-refractivity contribution in [1.29, 1.82) is 0 Å². The van der Waals surface area contributed by atoms with Gasteiger partial charge in [0.2, 0.25) is 5.91 Å². The molecular formula is C21H26N2O3. The molecule has 0 spiro atoms. The average Bonchev–Trinajstić information content (AvgIpc) is 2.65. The van der Waals surface area contributed by atoms with Crippen molar-refractivity contribution >= 4 is 11.6 Å². The zero-order valence-electron chi connectivity index (χ0n) is 15.8. The topological polar surface area (TPSA) is 50.8 Å². The lowest BCUT2D eigenvalue weighted by Gasteiger charge is -2.35. The average molecular weight is 354 g/mol. The molecule has 1 heterocycles. The summed E-state index contributed by atoms with van der Waals surface area (Å²) in [4.78, 5) is 14.6. The number of carbonyl (C=O) groups is 1. The minimum atomic E-state index is 0.00429. The molecule has 0 saturated heterocycles. The molecule has 5 heteroatoms. The van der Waals surface area contributed by atoms with Crippen molar-refractivity contribution in [3.05, 3.63) is 53.1 Å². The number of fused-ring (bicyclic) bond motifs is 1. The van der Waals surface area contributed by atoms with Gasteiger partial charge in [-0.1, -0.05) is 17.7 Å². The van der Waals surface area contributed by atoms with Crippen molar-refractivity contribution in [3.8, 4) is 11.5 Å². The molecule has 0 fully saturated rings. The van der Waals surface area contributed by atoms with Crippen LogP contribution in [0.5, 0.6) is 11.5 Å². The van der Waals surface area contributed by atoms with Crippen LogP contribution in [0.15, 0.2) is 36.4 Å². The molecule has 0 saturated carbocycles. The van der Waals surface area contributed by atoms with Crippen LogP contribution in [0.25, 0.3) is 0 Å². The molecular weight excluding hydrogens is 328 g/mol. The Balaban J connectivity index is 1.71. The summed E-state index contributed by atoms with van der Waals surface area (Å²) in [5.41, 5.74) is 4.45. The Morgan fingerprint density at radius 1 is 1.15 bits per heavy atom. The van der Waals surface area contributed by atoms with E-state index in [1.165, 1.54) is 16.7 Å². The van der Waals surface area contributed by atoms with Crippen LogP contribution in [0.1, 0.15) is 29.7 Å². The Labute approximate surface area is 154 Å². The van der Waals surface area contributed by atoms with Gasteiger partial charge in [-0.3, -0.25) is 9.69 Å². The summed E-state index contributed by atoms with van der Waals surface area (Å²) in [6, 6.07) is 12.1. The summed E-state index contributed by atoms with van der Waals surface area (Å²) in [5.74, 6) is 1.48. The minimum absolute atomic E-state index is 0.00429. The number of anilines is 1. The van der Waals surface area contributed by atoms with Gasteiger partial charge < -0.3 is 14.8 Å². The summed E-state index contributed by atoms with van der Waals surface area (Å²) >= 11 is 0. The van der Waals surface area contributed by atoms with Crippen LogP contribution in [0.4, 0.5) is 5.69 Å². The molecule has 1 atom stereocenters. The predicted octanol–water partition coefficient (Wildman–Crippen LogP) is 3.57. The van der Waals surface area contributed by atoms with E-state index in [-0.39, 0.29) is 11.9 Å². The zero-order valence-corrected chi connectivity index (χ0v) is 15.8. The second-order valence-electron chi connectivity index (χ2n) is 6.72. The minimum Gasteiger partial charge on any atom is -0.493 e. The number of hydrogen-bond acceptors (Lipinski definition) is 4. The van der Waals surface area contributed by atoms with Gasteiger partial charge in [0.05, 0.1) is 20.8 Å². The first-order valence-corrected chi connectivity index (χ1v) is 8.87. The molecule has 26 heavy (non-hydrogen) atoms. The van der Waals surface area contributed by atoms with E-state index in [9.17, 15) is 4.79 Å². The summed E-state index contributed by atoms with van der Waals surface area (Å²) in [6.07, 6.45) is 0.887. The number of carbonyl (C=O) groups excluding carboxylic acids is 1. The first kappa shape index (κ1) is 18.3. The van der Waals surface area contributed by atoms with Gasteiger partial charge in [-0.2, -0.15) is 0 Å². The predicted molar refractivity (Wildman–Crippen MR) is 103 cm³/mol. The highest BCUT2D eigenvalue weighted by atomic mass is 16.5. The molecule has 138 valence electrons. The molecule has 2 aromatic carbocycles. The van der Waals surface area contributed by atoms with E-state index in [0.717, 1.165) is 30.2 Å². The third-order valence-corrected chi connectivity index (χ3v) is 4.99. The Morgan fingerprint density at radius 3 is 2.46 bits per heavy atom. The third-order valence-electron chi connectivity index (χ3n) is 4.99. The van der Waals surface area contributed by atoms with Crippen molar-refractivity contribution in [2.75, 3.05) is 32.6 Å². The molecule has 1 N–H and O–H groups in total. The molecule has 0 aliphatic carbocycles. The van der Waals surface area contributed by atoms with Crippen molar-refractivity contribution in [3.63, 3.8) is 0 Å². The summed E-state index contributed by atoms with van der Waals surface area (Å²) in [6.45, 7) is 5.36. The number of benzene rings is 2. The molecule has 0 bridgehead atoms. The van der Waals surface area contributed by atoms with Gasteiger partial charge in [-0.15, -0.1) is 0 Å². The molecule has 5 nitrogen and oxygen atoms in total. The Hall–Kier alpha value is -2.53. The van der Waals surface area contributed by atoms with Crippen LogP contribution in [-0.4, -0.2) is 38.1 Å². The lowest BCUT2D eigenvalue weighted by molar-refractivity contribution is -0.117. The monoisotopic (exact) mass is 354 g/mol. The van der Waals surface area contributed by atoms with Gasteiger partial charge in [0.15, 0.2) is 11.5 Å². The highest BCUT2D eigenvalue weighted by Gasteiger charge is 2.27. The first-order valence-electron chi connectivity index (χ1n) is 8.87. The molecule has 1 aliphatic rings. The summed E-state index contributed by atoms with van der Waals surface area (Å²) in [5, 5.41) is 2.98. The molecule has 1 amide bonds. The lowest BCUT2D eigenvalue weighted by Crippen LogP contribution is -2.39. The summed E-state index contributed by atoms with van der Waals surface area (Å²) in [7, 11) is 3.29. The van der Waals surface area contributed by atoms with Crippen LogP contribution in [0.2, 0.25) is 0 Å². The largest absolute Gasteiger partial charge is 0.493 e. The first-order chi connectivity index (χ1) is 12.5. The fourth-order valence-electron chi connectivity index (χ4n) is 3.43. The van der Waals surface area contributed by atoms with Crippen LogP contribution < -0.4 is 14.8 Å². The number of methoxy groups -OCH3 is 2. The normalized spacial score (nSPS) is 16.7. The maximum atomic E-state index is 12.4. The van der Waals surface area contributed by atoms with Crippen molar-refractivity contribution < 1.29 is 14.3 Å². The van der Waals surface area contributed by atoms with E-state index in [0.29, 0.717) is 6.54 Å². The van der Waals surface area contributed by atoms with E-state index in [1.54, 1.807) is 14.2 Å². The highest BCUT2D eigenvalue weighted by Crippen LogP contribution is 2.37. The highest BCUT2D eigenvalue weighted by molar-refractivity contribution is 5.92. The van der Waals surface area contributed by atoms with Crippen LogP contribution in [0, 0.1) is 6.92 Å². The van der Waals surface area contributed by atoms with E-state index in [4.69, 9.17) is 9.47 Å².